The predicted molar refractivity (Wildman–Crippen MR) is 61.4 cm³/mol. The summed E-state index contributed by atoms with van der Waals surface area (Å²) >= 11 is 0. The molecule has 1 heterocycles. The van der Waals surface area contributed by atoms with Gasteiger partial charge in [-0.1, -0.05) is 0 Å². The van der Waals surface area contributed by atoms with Crippen molar-refractivity contribution >= 4 is 11.8 Å². The molecule has 7 nitrogen and oxygen atoms in total. The van der Waals surface area contributed by atoms with Crippen molar-refractivity contribution in [1.29, 1.82) is 0 Å². The monoisotopic (exact) mass is 239 g/mol. The Kier molecular flexibility index (Phi) is 4.62. The predicted octanol–water partition coefficient (Wildman–Crippen LogP) is -0.289. The van der Waals surface area contributed by atoms with E-state index in [1.54, 1.807) is 11.8 Å². The molecule has 2 amide bonds. The van der Waals surface area contributed by atoms with Gasteiger partial charge >= 0.3 is 0 Å². The normalized spacial score (nSPS) is 10.1. The van der Waals surface area contributed by atoms with Gasteiger partial charge < -0.3 is 10.2 Å². The number of carbonyl (C=O) groups excluding carboxylic acids is 2. The molecule has 1 rings (SSSR count). The molecule has 0 aliphatic rings. The van der Waals surface area contributed by atoms with Gasteiger partial charge in [0.2, 0.25) is 11.7 Å². The van der Waals surface area contributed by atoms with Crippen molar-refractivity contribution in [2.45, 2.75) is 20.8 Å². The first-order valence-electron chi connectivity index (χ1n) is 5.53. The highest BCUT2D eigenvalue weighted by Gasteiger charge is 2.14. The van der Waals surface area contributed by atoms with E-state index in [-0.39, 0.29) is 18.3 Å². The molecule has 94 valence electrons. The Bertz CT molecular complexity index is 397. The van der Waals surface area contributed by atoms with E-state index < -0.39 is 5.91 Å². The van der Waals surface area contributed by atoms with E-state index >= 15 is 0 Å². The minimum Gasteiger partial charge on any atom is -0.342 e. The molecular formula is C10H17N5O2. The molecule has 17 heavy (non-hydrogen) atoms. The van der Waals surface area contributed by atoms with E-state index in [0.717, 1.165) is 0 Å². The van der Waals surface area contributed by atoms with Gasteiger partial charge in [-0.05, 0) is 20.8 Å². The number of rotatable bonds is 5. The Morgan fingerprint density at radius 2 is 2.00 bits per heavy atom. The van der Waals surface area contributed by atoms with Gasteiger partial charge in [0.05, 0.1) is 6.54 Å². The fraction of sp³-hybridized carbons (Fsp3) is 0.600. The van der Waals surface area contributed by atoms with Crippen LogP contribution in [0, 0.1) is 6.92 Å². The summed E-state index contributed by atoms with van der Waals surface area (Å²) in [5, 5.41) is 8.76. The second-order valence-corrected chi connectivity index (χ2v) is 3.49. The Morgan fingerprint density at radius 3 is 2.47 bits per heavy atom. The van der Waals surface area contributed by atoms with Crippen molar-refractivity contribution in [3.63, 3.8) is 0 Å². The van der Waals surface area contributed by atoms with Gasteiger partial charge in [-0.3, -0.25) is 14.7 Å². The van der Waals surface area contributed by atoms with Crippen LogP contribution in [0.3, 0.4) is 0 Å². The fourth-order valence-electron chi connectivity index (χ4n) is 1.37. The number of nitrogens with one attached hydrogen (secondary N) is 2. The van der Waals surface area contributed by atoms with Gasteiger partial charge in [-0.15, -0.1) is 5.10 Å². The maximum Gasteiger partial charge on any atom is 0.291 e. The van der Waals surface area contributed by atoms with Crippen molar-refractivity contribution < 1.29 is 9.59 Å². The summed E-state index contributed by atoms with van der Waals surface area (Å²) in [6.07, 6.45) is 0. The van der Waals surface area contributed by atoms with Gasteiger partial charge in [0.15, 0.2) is 0 Å². The molecule has 0 fully saturated rings. The number of aromatic nitrogens is 3. The average Bonchev–Trinajstić information content (AvgIpc) is 2.74. The number of carbonyl (C=O) groups is 2. The Labute approximate surface area is 99.6 Å². The maximum atomic E-state index is 11.6. The third-order valence-corrected chi connectivity index (χ3v) is 2.32. The van der Waals surface area contributed by atoms with Gasteiger partial charge in [0.1, 0.15) is 5.82 Å². The van der Waals surface area contributed by atoms with Gasteiger partial charge in [-0.25, -0.2) is 4.98 Å². The fourth-order valence-corrected chi connectivity index (χ4v) is 1.37. The summed E-state index contributed by atoms with van der Waals surface area (Å²) in [7, 11) is 0. The van der Waals surface area contributed by atoms with Gasteiger partial charge in [0.25, 0.3) is 5.91 Å². The van der Waals surface area contributed by atoms with Crippen molar-refractivity contribution in [3.8, 4) is 0 Å². The maximum absolute atomic E-state index is 11.6. The van der Waals surface area contributed by atoms with Crippen molar-refractivity contribution in [1.82, 2.24) is 25.4 Å². The average molecular weight is 239 g/mol. The minimum atomic E-state index is -0.449. The molecule has 0 unspecified atom stereocenters. The second-order valence-electron chi connectivity index (χ2n) is 3.49. The van der Waals surface area contributed by atoms with Crippen LogP contribution >= 0.6 is 0 Å². The summed E-state index contributed by atoms with van der Waals surface area (Å²) < 4.78 is 0. The van der Waals surface area contributed by atoms with Crippen LogP contribution in [0.5, 0.6) is 0 Å². The molecule has 0 aromatic carbocycles. The molecule has 0 saturated carbocycles. The third-order valence-electron chi connectivity index (χ3n) is 2.32. The standard InChI is InChI=1S/C10H17N5O2/c1-4-15(5-2)8(16)6-11-10(17)9-12-7(3)13-14-9/h4-6H2,1-3H3,(H,11,17)(H,12,13,14). The van der Waals surface area contributed by atoms with Crippen LogP contribution < -0.4 is 5.32 Å². The lowest BCUT2D eigenvalue weighted by Gasteiger charge is -2.18. The van der Waals surface area contributed by atoms with Crippen molar-refractivity contribution in [2.75, 3.05) is 19.6 Å². The lowest BCUT2D eigenvalue weighted by Crippen LogP contribution is -2.40. The number of aryl methyl sites for hydroxylation is 1. The van der Waals surface area contributed by atoms with E-state index in [4.69, 9.17) is 0 Å². The van der Waals surface area contributed by atoms with Gasteiger partial charge in [-0.2, -0.15) is 0 Å². The second kappa shape index (κ2) is 5.97. The van der Waals surface area contributed by atoms with Crippen LogP contribution in [-0.2, 0) is 4.79 Å². The molecule has 0 spiro atoms. The zero-order chi connectivity index (χ0) is 12.8. The zero-order valence-electron chi connectivity index (χ0n) is 10.3. The number of amides is 2. The van der Waals surface area contributed by atoms with Crippen LogP contribution in [0.1, 0.15) is 30.3 Å². The van der Waals surface area contributed by atoms with Gasteiger partial charge in [0, 0.05) is 13.1 Å². The summed E-state index contributed by atoms with van der Waals surface area (Å²) in [6, 6.07) is 0. The van der Waals surface area contributed by atoms with Crippen molar-refractivity contribution in [2.24, 2.45) is 0 Å². The Morgan fingerprint density at radius 1 is 1.35 bits per heavy atom. The lowest BCUT2D eigenvalue weighted by atomic mass is 10.4. The zero-order valence-corrected chi connectivity index (χ0v) is 10.3. The number of H-pyrrole nitrogens is 1. The first kappa shape index (κ1) is 13.1. The lowest BCUT2D eigenvalue weighted by molar-refractivity contribution is -0.129. The number of hydrogen-bond acceptors (Lipinski definition) is 4. The summed E-state index contributed by atoms with van der Waals surface area (Å²) in [5.41, 5.74) is 0. The van der Waals surface area contributed by atoms with Crippen LogP contribution in [-0.4, -0.2) is 51.5 Å². The van der Waals surface area contributed by atoms with E-state index in [2.05, 4.69) is 20.5 Å². The van der Waals surface area contributed by atoms with Crippen LogP contribution in [0.4, 0.5) is 0 Å². The third kappa shape index (κ3) is 3.54. The van der Waals surface area contributed by atoms with E-state index in [1.807, 2.05) is 13.8 Å². The largest absolute Gasteiger partial charge is 0.342 e. The molecular weight excluding hydrogens is 222 g/mol. The van der Waals surface area contributed by atoms with Crippen LogP contribution in [0.15, 0.2) is 0 Å². The molecule has 2 N–H and O–H groups in total. The molecule has 0 saturated heterocycles. The Hall–Kier alpha value is -1.92. The smallest absolute Gasteiger partial charge is 0.291 e. The number of nitrogens with zero attached hydrogens (tertiary/aromatic N) is 3. The van der Waals surface area contributed by atoms with E-state index in [9.17, 15) is 9.59 Å². The van der Waals surface area contributed by atoms with E-state index in [0.29, 0.717) is 18.9 Å². The highest BCUT2D eigenvalue weighted by Crippen LogP contribution is 1.91. The highest BCUT2D eigenvalue weighted by atomic mass is 16.2. The molecule has 0 aliphatic heterocycles. The molecule has 1 aromatic heterocycles. The van der Waals surface area contributed by atoms with Crippen LogP contribution in [0.25, 0.3) is 0 Å². The summed E-state index contributed by atoms with van der Waals surface area (Å²) in [5.74, 6) is 0.0468. The summed E-state index contributed by atoms with van der Waals surface area (Å²) in [6.45, 7) is 6.71. The number of aromatic amines is 1. The molecule has 7 heteroatoms. The SMILES string of the molecule is CCN(CC)C(=O)CNC(=O)c1n[nH]c(C)n1. The first-order valence-corrected chi connectivity index (χ1v) is 5.53. The Balaban J connectivity index is 2.46. The van der Waals surface area contributed by atoms with Crippen molar-refractivity contribution in [3.05, 3.63) is 11.6 Å². The quantitative estimate of drug-likeness (QED) is 0.738. The molecule has 0 aliphatic carbocycles. The molecule has 0 bridgehead atoms. The topological polar surface area (TPSA) is 91.0 Å². The molecule has 0 atom stereocenters. The number of likely N-dealkylation sites (N-methyl/N-ethyl adjacent to an activating group) is 1. The molecule has 0 radical (unpaired) electrons. The number of hydrogen-bond donors (Lipinski definition) is 2. The summed E-state index contributed by atoms with van der Waals surface area (Å²) in [4.78, 5) is 28.7. The highest BCUT2D eigenvalue weighted by molar-refractivity contribution is 5.93. The van der Waals surface area contributed by atoms with E-state index in [1.165, 1.54) is 0 Å². The van der Waals surface area contributed by atoms with Crippen LogP contribution in [0.2, 0.25) is 0 Å². The minimum absolute atomic E-state index is 0.0336. The molecule has 1 aromatic rings. The first-order chi connectivity index (χ1) is 8.08.